The molecule has 0 heterocycles. The van der Waals surface area contributed by atoms with E-state index in [9.17, 15) is 5.11 Å². The van der Waals surface area contributed by atoms with Crippen molar-refractivity contribution in [2.45, 2.75) is 57.0 Å². The van der Waals surface area contributed by atoms with Crippen LogP contribution in [-0.4, -0.2) is 23.8 Å². The van der Waals surface area contributed by atoms with Crippen LogP contribution in [0.5, 0.6) is 0 Å². The van der Waals surface area contributed by atoms with Crippen molar-refractivity contribution in [2.75, 3.05) is 13.1 Å². The highest BCUT2D eigenvalue weighted by atomic mass is 16.3. The normalized spacial score (nSPS) is 29.2. The van der Waals surface area contributed by atoms with Gasteiger partial charge in [-0.3, -0.25) is 0 Å². The van der Waals surface area contributed by atoms with E-state index in [2.05, 4.69) is 17.5 Å². The summed E-state index contributed by atoms with van der Waals surface area (Å²) >= 11 is 0. The first kappa shape index (κ1) is 12.1. The van der Waals surface area contributed by atoms with Crippen LogP contribution in [0.3, 0.4) is 0 Å². The number of aliphatic hydroxyl groups is 1. The van der Waals surface area contributed by atoms with Crippen molar-refractivity contribution in [3.05, 3.63) is 12.2 Å². The van der Waals surface area contributed by atoms with Crippen molar-refractivity contribution in [1.82, 2.24) is 5.32 Å². The Morgan fingerprint density at radius 3 is 2.69 bits per heavy atom. The summed E-state index contributed by atoms with van der Waals surface area (Å²) in [5.41, 5.74) is -0.400. The molecule has 1 saturated carbocycles. The van der Waals surface area contributed by atoms with Crippen molar-refractivity contribution in [1.29, 1.82) is 0 Å². The van der Waals surface area contributed by atoms with Crippen molar-refractivity contribution in [3.63, 3.8) is 0 Å². The molecule has 0 amide bonds. The van der Waals surface area contributed by atoms with E-state index in [0.29, 0.717) is 0 Å². The van der Waals surface area contributed by atoms with E-state index in [4.69, 9.17) is 0 Å². The second-order valence-corrected chi connectivity index (χ2v) is 5.57. The fourth-order valence-electron chi connectivity index (χ4n) is 2.94. The minimum Gasteiger partial charge on any atom is -0.389 e. The van der Waals surface area contributed by atoms with Crippen LogP contribution in [0.2, 0.25) is 0 Å². The van der Waals surface area contributed by atoms with E-state index in [1.54, 1.807) is 0 Å². The summed E-state index contributed by atoms with van der Waals surface area (Å²) in [7, 11) is 0. The zero-order valence-electron chi connectivity index (χ0n) is 10.3. The summed E-state index contributed by atoms with van der Waals surface area (Å²) in [5.74, 6) is 0.789. The van der Waals surface area contributed by atoms with Gasteiger partial charge in [0.05, 0.1) is 5.60 Å². The Hall–Kier alpha value is -0.340. The number of allylic oxidation sites excluding steroid dienone is 2. The Labute approximate surface area is 99.1 Å². The number of nitrogens with one attached hydrogen (secondary N) is 1. The Bertz CT molecular complexity index is 231. The van der Waals surface area contributed by atoms with Crippen molar-refractivity contribution >= 4 is 0 Å². The Morgan fingerprint density at radius 1 is 1.19 bits per heavy atom. The average molecular weight is 223 g/mol. The summed E-state index contributed by atoms with van der Waals surface area (Å²) in [4.78, 5) is 0. The predicted molar refractivity (Wildman–Crippen MR) is 67.4 cm³/mol. The van der Waals surface area contributed by atoms with Gasteiger partial charge in [-0.15, -0.1) is 0 Å². The number of rotatable bonds is 4. The van der Waals surface area contributed by atoms with E-state index in [-0.39, 0.29) is 0 Å². The standard InChI is InChI=1S/C14H25NO/c16-14(9-5-2-6-10-14)12-15-11-13-7-3-1-4-8-13/h1,3,13,15-16H,2,4-12H2. The third-order valence-corrected chi connectivity index (χ3v) is 4.05. The zero-order chi connectivity index (χ0) is 11.3. The highest BCUT2D eigenvalue weighted by Gasteiger charge is 2.28. The summed E-state index contributed by atoms with van der Waals surface area (Å²) < 4.78 is 0. The molecule has 2 heteroatoms. The molecule has 0 aliphatic heterocycles. The molecule has 0 aromatic rings. The molecule has 1 unspecified atom stereocenters. The quantitative estimate of drug-likeness (QED) is 0.718. The fraction of sp³-hybridized carbons (Fsp3) is 0.857. The maximum Gasteiger partial charge on any atom is 0.0771 e. The lowest BCUT2D eigenvalue weighted by molar-refractivity contribution is 0.00427. The summed E-state index contributed by atoms with van der Waals surface area (Å²) in [6, 6.07) is 0. The molecule has 16 heavy (non-hydrogen) atoms. The van der Waals surface area contributed by atoms with Crippen LogP contribution < -0.4 is 5.32 Å². The van der Waals surface area contributed by atoms with Crippen LogP contribution in [0.1, 0.15) is 51.4 Å². The SMILES string of the molecule is OC1(CNCC2CC=CCC2)CCCCC1. The van der Waals surface area contributed by atoms with Crippen LogP contribution in [0.25, 0.3) is 0 Å². The maximum atomic E-state index is 10.3. The monoisotopic (exact) mass is 223 g/mol. The first-order valence-corrected chi connectivity index (χ1v) is 6.87. The van der Waals surface area contributed by atoms with Crippen LogP contribution in [-0.2, 0) is 0 Å². The fourth-order valence-corrected chi connectivity index (χ4v) is 2.94. The third-order valence-electron chi connectivity index (χ3n) is 4.05. The van der Waals surface area contributed by atoms with Gasteiger partial charge in [-0.2, -0.15) is 0 Å². The van der Waals surface area contributed by atoms with Gasteiger partial charge in [0.25, 0.3) is 0 Å². The van der Waals surface area contributed by atoms with Gasteiger partial charge in [-0.1, -0.05) is 31.4 Å². The van der Waals surface area contributed by atoms with Crippen molar-refractivity contribution in [2.24, 2.45) is 5.92 Å². The molecule has 2 N–H and O–H groups in total. The highest BCUT2D eigenvalue weighted by Crippen LogP contribution is 2.27. The van der Waals surface area contributed by atoms with Gasteiger partial charge in [0.1, 0.15) is 0 Å². The molecule has 92 valence electrons. The molecule has 2 aliphatic carbocycles. The first-order valence-electron chi connectivity index (χ1n) is 6.87. The molecule has 0 saturated heterocycles. The van der Waals surface area contributed by atoms with Crippen molar-refractivity contribution < 1.29 is 5.11 Å². The predicted octanol–water partition coefficient (Wildman–Crippen LogP) is 2.63. The summed E-state index contributed by atoms with van der Waals surface area (Å²) in [6.45, 7) is 1.87. The van der Waals surface area contributed by atoms with Gasteiger partial charge in [-0.25, -0.2) is 0 Å². The van der Waals surface area contributed by atoms with Crippen LogP contribution in [0.4, 0.5) is 0 Å². The first-order chi connectivity index (χ1) is 7.79. The lowest BCUT2D eigenvalue weighted by Crippen LogP contribution is -2.43. The van der Waals surface area contributed by atoms with Gasteiger partial charge in [0.2, 0.25) is 0 Å². The van der Waals surface area contributed by atoms with E-state index in [1.165, 1.54) is 38.5 Å². The Morgan fingerprint density at radius 2 is 2.00 bits per heavy atom. The molecule has 0 bridgehead atoms. The van der Waals surface area contributed by atoms with Crippen LogP contribution in [0, 0.1) is 5.92 Å². The topological polar surface area (TPSA) is 32.3 Å². The summed E-state index contributed by atoms with van der Waals surface area (Å²) in [5, 5.41) is 13.8. The largest absolute Gasteiger partial charge is 0.389 e. The molecule has 2 rings (SSSR count). The van der Waals surface area contributed by atoms with E-state index in [1.807, 2.05) is 0 Å². The highest BCUT2D eigenvalue weighted by molar-refractivity contribution is 4.91. The molecule has 0 aromatic heterocycles. The number of hydrogen-bond donors (Lipinski definition) is 2. The molecular formula is C14H25NO. The molecule has 2 nitrogen and oxygen atoms in total. The van der Waals surface area contributed by atoms with Crippen molar-refractivity contribution in [3.8, 4) is 0 Å². The average Bonchev–Trinajstić information content (AvgIpc) is 2.31. The molecular weight excluding hydrogens is 198 g/mol. The van der Waals surface area contributed by atoms with Gasteiger partial charge >= 0.3 is 0 Å². The van der Waals surface area contributed by atoms with Gasteiger partial charge in [-0.05, 0) is 44.6 Å². The molecule has 0 aromatic carbocycles. The lowest BCUT2D eigenvalue weighted by Gasteiger charge is -2.33. The zero-order valence-corrected chi connectivity index (χ0v) is 10.3. The Kier molecular flexibility index (Phi) is 4.42. The smallest absolute Gasteiger partial charge is 0.0771 e. The third kappa shape index (κ3) is 3.60. The maximum absolute atomic E-state index is 10.3. The minimum atomic E-state index is -0.400. The Balaban J connectivity index is 1.64. The van der Waals surface area contributed by atoms with Crippen LogP contribution in [0.15, 0.2) is 12.2 Å². The molecule has 0 radical (unpaired) electrons. The van der Waals surface area contributed by atoms with Gasteiger partial charge < -0.3 is 10.4 Å². The van der Waals surface area contributed by atoms with Gasteiger partial charge in [0.15, 0.2) is 0 Å². The van der Waals surface area contributed by atoms with Gasteiger partial charge in [0, 0.05) is 6.54 Å². The van der Waals surface area contributed by atoms with E-state index < -0.39 is 5.60 Å². The minimum absolute atomic E-state index is 0.400. The molecule has 1 atom stereocenters. The van der Waals surface area contributed by atoms with E-state index >= 15 is 0 Å². The second kappa shape index (κ2) is 5.83. The number of hydrogen-bond acceptors (Lipinski definition) is 2. The lowest BCUT2D eigenvalue weighted by atomic mass is 9.84. The molecule has 0 spiro atoms. The molecule has 1 fully saturated rings. The second-order valence-electron chi connectivity index (χ2n) is 5.57. The summed E-state index contributed by atoms with van der Waals surface area (Å²) in [6.07, 6.45) is 14.0. The molecule has 2 aliphatic rings. The van der Waals surface area contributed by atoms with E-state index in [0.717, 1.165) is 31.8 Å². The van der Waals surface area contributed by atoms with Crippen LogP contribution >= 0.6 is 0 Å².